The number of thioether (sulfide) groups is 1. The number of hydrogen-bond acceptors (Lipinski definition) is 5. The van der Waals surface area contributed by atoms with E-state index < -0.39 is 6.04 Å². The maximum atomic E-state index is 12.7. The predicted octanol–water partition coefficient (Wildman–Crippen LogP) is 4.69. The van der Waals surface area contributed by atoms with Crippen LogP contribution >= 0.6 is 39.0 Å². The summed E-state index contributed by atoms with van der Waals surface area (Å²) in [6.07, 6.45) is 1.59. The Bertz CT molecular complexity index is 995. The molecule has 1 atom stereocenters. The van der Waals surface area contributed by atoms with Gasteiger partial charge in [-0.05, 0) is 45.1 Å². The fourth-order valence-corrected chi connectivity index (χ4v) is 4.60. The SMILES string of the molecule is O=C(NC(CSCc1ccccc1)C(=O)N/N=C/c1cccs1)c1ccccc1Br. The van der Waals surface area contributed by atoms with Crippen LogP contribution in [0.2, 0.25) is 0 Å². The van der Waals surface area contributed by atoms with Crippen LogP contribution in [0.4, 0.5) is 0 Å². The first-order valence-electron chi connectivity index (χ1n) is 9.17. The third kappa shape index (κ3) is 6.83. The van der Waals surface area contributed by atoms with E-state index in [0.29, 0.717) is 15.8 Å². The number of thiophene rings is 1. The Hall–Kier alpha value is -2.42. The summed E-state index contributed by atoms with van der Waals surface area (Å²) in [6.45, 7) is 0. The van der Waals surface area contributed by atoms with E-state index in [1.807, 2.05) is 53.9 Å². The van der Waals surface area contributed by atoms with E-state index in [0.717, 1.165) is 16.2 Å². The lowest BCUT2D eigenvalue weighted by Gasteiger charge is -2.17. The lowest BCUT2D eigenvalue weighted by atomic mass is 10.2. The maximum Gasteiger partial charge on any atom is 0.263 e. The molecule has 2 N–H and O–H groups in total. The second kappa shape index (κ2) is 11.7. The third-order valence-electron chi connectivity index (χ3n) is 4.05. The highest BCUT2D eigenvalue weighted by molar-refractivity contribution is 9.10. The van der Waals surface area contributed by atoms with Crippen molar-refractivity contribution in [2.75, 3.05) is 5.75 Å². The topological polar surface area (TPSA) is 70.6 Å². The highest BCUT2D eigenvalue weighted by atomic mass is 79.9. The minimum Gasteiger partial charge on any atom is -0.339 e. The monoisotopic (exact) mass is 501 g/mol. The van der Waals surface area contributed by atoms with Crippen LogP contribution in [-0.4, -0.2) is 29.8 Å². The molecule has 2 amide bonds. The van der Waals surface area contributed by atoms with Crippen molar-refractivity contribution in [1.29, 1.82) is 0 Å². The summed E-state index contributed by atoms with van der Waals surface area (Å²) in [5, 5.41) is 8.78. The fourth-order valence-electron chi connectivity index (χ4n) is 2.54. The van der Waals surface area contributed by atoms with Crippen molar-refractivity contribution in [3.63, 3.8) is 0 Å². The molecule has 8 heteroatoms. The van der Waals surface area contributed by atoms with E-state index in [9.17, 15) is 9.59 Å². The van der Waals surface area contributed by atoms with Crippen LogP contribution in [0.5, 0.6) is 0 Å². The number of carbonyl (C=O) groups is 2. The highest BCUT2D eigenvalue weighted by Crippen LogP contribution is 2.17. The van der Waals surface area contributed by atoms with Crippen molar-refractivity contribution in [2.45, 2.75) is 11.8 Å². The molecule has 0 fully saturated rings. The summed E-state index contributed by atoms with van der Waals surface area (Å²) >= 11 is 6.48. The van der Waals surface area contributed by atoms with E-state index in [1.165, 1.54) is 11.3 Å². The smallest absolute Gasteiger partial charge is 0.263 e. The summed E-state index contributed by atoms with van der Waals surface area (Å²) in [6, 6.07) is 20.2. The predicted molar refractivity (Wildman–Crippen MR) is 128 cm³/mol. The molecule has 0 radical (unpaired) electrons. The number of amides is 2. The molecule has 0 aliphatic rings. The molecule has 0 bridgehead atoms. The van der Waals surface area contributed by atoms with Crippen molar-refractivity contribution in [2.24, 2.45) is 5.10 Å². The Kier molecular flexibility index (Phi) is 8.67. The fraction of sp³-hybridized carbons (Fsp3) is 0.136. The van der Waals surface area contributed by atoms with Crippen molar-refractivity contribution in [3.8, 4) is 0 Å². The zero-order valence-corrected chi connectivity index (χ0v) is 19.2. The van der Waals surface area contributed by atoms with Gasteiger partial charge in [-0.3, -0.25) is 9.59 Å². The number of nitrogens with zero attached hydrogens (tertiary/aromatic N) is 1. The van der Waals surface area contributed by atoms with Crippen molar-refractivity contribution in [3.05, 3.63) is 92.6 Å². The lowest BCUT2D eigenvalue weighted by Crippen LogP contribution is -2.47. The van der Waals surface area contributed by atoms with E-state index in [4.69, 9.17) is 0 Å². The van der Waals surface area contributed by atoms with E-state index in [-0.39, 0.29) is 11.8 Å². The van der Waals surface area contributed by atoms with Crippen molar-refractivity contribution in [1.82, 2.24) is 10.7 Å². The molecular weight excluding hydrogens is 482 g/mol. The average molecular weight is 502 g/mol. The molecule has 0 aliphatic heterocycles. The van der Waals surface area contributed by atoms with Gasteiger partial charge in [0.1, 0.15) is 6.04 Å². The van der Waals surface area contributed by atoms with Crippen LogP contribution in [0.15, 0.2) is 81.7 Å². The maximum absolute atomic E-state index is 12.7. The molecule has 30 heavy (non-hydrogen) atoms. The Balaban J connectivity index is 1.64. The van der Waals surface area contributed by atoms with Gasteiger partial charge in [0.15, 0.2) is 0 Å². The number of rotatable bonds is 9. The molecule has 2 aromatic carbocycles. The van der Waals surface area contributed by atoms with Crippen LogP contribution in [0.1, 0.15) is 20.8 Å². The first kappa shape index (κ1) is 22.3. The van der Waals surface area contributed by atoms with Crippen molar-refractivity contribution < 1.29 is 9.59 Å². The summed E-state index contributed by atoms with van der Waals surface area (Å²) in [5.74, 6) is 0.494. The summed E-state index contributed by atoms with van der Waals surface area (Å²) in [7, 11) is 0. The minimum absolute atomic E-state index is 0.315. The van der Waals surface area contributed by atoms with Crippen molar-refractivity contribution >= 4 is 57.1 Å². The third-order valence-corrected chi connectivity index (χ3v) is 6.65. The molecule has 154 valence electrons. The van der Waals surface area contributed by atoms with E-state index in [2.05, 4.69) is 31.8 Å². The van der Waals surface area contributed by atoms with Gasteiger partial charge in [0.05, 0.1) is 11.8 Å². The van der Waals surface area contributed by atoms with E-state index >= 15 is 0 Å². The number of benzene rings is 2. The quantitative estimate of drug-likeness (QED) is 0.330. The van der Waals surface area contributed by atoms with Crippen LogP contribution in [0.3, 0.4) is 0 Å². The molecule has 1 aromatic heterocycles. The molecule has 3 aromatic rings. The standard InChI is InChI=1S/C22H20BrN3O2S2/c23-19-11-5-4-10-18(19)21(27)25-20(15-29-14-16-7-2-1-3-8-16)22(28)26-24-13-17-9-6-12-30-17/h1-13,20H,14-15H2,(H,25,27)(H,26,28)/b24-13+. The Morgan fingerprint density at radius 3 is 2.57 bits per heavy atom. The van der Waals surface area contributed by atoms with Crippen LogP contribution in [0, 0.1) is 0 Å². The largest absolute Gasteiger partial charge is 0.339 e. The van der Waals surface area contributed by atoms with Gasteiger partial charge in [-0.15, -0.1) is 11.3 Å². The zero-order chi connectivity index (χ0) is 21.2. The molecule has 3 rings (SSSR count). The molecule has 5 nitrogen and oxygen atoms in total. The van der Waals surface area contributed by atoms with Gasteiger partial charge in [0, 0.05) is 20.9 Å². The summed E-state index contributed by atoms with van der Waals surface area (Å²) in [4.78, 5) is 26.3. The van der Waals surface area contributed by atoms with Gasteiger partial charge < -0.3 is 5.32 Å². The molecule has 0 spiro atoms. The second-order valence-corrected chi connectivity index (χ2v) is 9.12. The molecule has 1 heterocycles. The molecule has 0 aliphatic carbocycles. The Morgan fingerprint density at radius 1 is 1.07 bits per heavy atom. The molecule has 0 saturated carbocycles. The number of carbonyl (C=O) groups excluding carboxylic acids is 2. The number of nitrogens with one attached hydrogen (secondary N) is 2. The van der Waals surface area contributed by atoms with Gasteiger partial charge in [-0.25, -0.2) is 5.43 Å². The molecular formula is C22H20BrN3O2S2. The Morgan fingerprint density at radius 2 is 1.83 bits per heavy atom. The normalized spacial score (nSPS) is 11.9. The van der Waals surface area contributed by atoms with Gasteiger partial charge >= 0.3 is 0 Å². The van der Waals surface area contributed by atoms with Crippen LogP contribution in [-0.2, 0) is 10.5 Å². The summed E-state index contributed by atoms with van der Waals surface area (Å²) in [5.41, 5.74) is 4.18. The second-order valence-electron chi connectivity index (χ2n) is 6.26. The number of halogens is 1. The summed E-state index contributed by atoms with van der Waals surface area (Å²) < 4.78 is 0.675. The van der Waals surface area contributed by atoms with E-state index in [1.54, 1.807) is 36.2 Å². The first-order valence-corrected chi connectivity index (χ1v) is 12.0. The average Bonchev–Trinajstić information content (AvgIpc) is 3.27. The number of hydrogen-bond donors (Lipinski definition) is 2. The lowest BCUT2D eigenvalue weighted by molar-refractivity contribution is -0.122. The van der Waals surface area contributed by atoms with Gasteiger partial charge in [0.25, 0.3) is 11.8 Å². The zero-order valence-electron chi connectivity index (χ0n) is 16.0. The minimum atomic E-state index is -0.723. The first-order chi connectivity index (χ1) is 14.6. The highest BCUT2D eigenvalue weighted by Gasteiger charge is 2.22. The van der Waals surface area contributed by atoms with Gasteiger partial charge in [-0.2, -0.15) is 16.9 Å². The number of hydrazone groups is 1. The van der Waals surface area contributed by atoms with Gasteiger partial charge in [0.2, 0.25) is 0 Å². The molecule has 0 saturated heterocycles. The molecule has 1 unspecified atom stereocenters. The van der Waals surface area contributed by atoms with Gasteiger partial charge in [-0.1, -0.05) is 48.5 Å². The Labute approximate surface area is 192 Å². The van der Waals surface area contributed by atoms with Crippen LogP contribution < -0.4 is 10.7 Å². The van der Waals surface area contributed by atoms with Crippen LogP contribution in [0.25, 0.3) is 0 Å².